The van der Waals surface area contributed by atoms with Crippen LogP contribution in [0.5, 0.6) is 0 Å². The first-order chi connectivity index (χ1) is 14.5. The predicted octanol–water partition coefficient (Wildman–Crippen LogP) is 2.41. The number of hydrogen-bond acceptors (Lipinski definition) is 5. The Morgan fingerprint density at radius 2 is 2.00 bits per heavy atom. The van der Waals surface area contributed by atoms with Gasteiger partial charge in [0, 0.05) is 39.5 Å². The standard InChI is InChI=1S/C23H28N4O3/c1-16(28)26-11-9-18(13-26)21(29)27-14-19-8-5-10-23(19,15-27)22-24-20(25-30-22)12-17-6-3-2-4-7-17/h2-4,6-7,18-19H,5,8-15H2,1H3/t18?,19-,23-/m1/s1. The molecule has 2 saturated heterocycles. The molecule has 1 aliphatic carbocycles. The van der Waals surface area contributed by atoms with Crippen molar-refractivity contribution in [3.8, 4) is 0 Å². The van der Waals surface area contributed by atoms with Gasteiger partial charge in [0.1, 0.15) is 0 Å². The number of nitrogens with zero attached hydrogens (tertiary/aromatic N) is 4. The molecule has 7 heteroatoms. The summed E-state index contributed by atoms with van der Waals surface area (Å²) in [7, 11) is 0. The fraction of sp³-hybridized carbons (Fsp3) is 0.565. The average Bonchev–Trinajstić information content (AvgIpc) is 3.50. The van der Waals surface area contributed by atoms with E-state index in [2.05, 4.69) is 17.3 Å². The molecular weight excluding hydrogens is 380 g/mol. The number of hydrogen-bond donors (Lipinski definition) is 0. The van der Waals surface area contributed by atoms with Gasteiger partial charge >= 0.3 is 0 Å². The van der Waals surface area contributed by atoms with E-state index in [-0.39, 0.29) is 23.1 Å². The summed E-state index contributed by atoms with van der Waals surface area (Å²) < 4.78 is 5.78. The highest BCUT2D eigenvalue weighted by atomic mass is 16.5. The van der Waals surface area contributed by atoms with Crippen LogP contribution < -0.4 is 0 Å². The predicted molar refractivity (Wildman–Crippen MR) is 110 cm³/mol. The summed E-state index contributed by atoms with van der Waals surface area (Å²) in [6.45, 7) is 4.21. The van der Waals surface area contributed by atoms with Crippen LogP contribution in [0.25, 0.3) is 0 Å². The van der Waals surface area contributed by atoms with E-state index in [9.17, 15) is 9.59 Å². The summed E-state index contributed by atoms with van der Waals surface area (Å²) in [5.74, 6) is 1.92. The molecular formula is C23H28N4O3. The van der Waals surface area contributed by atoms with Crippen LogP contribution in [0.4, 0.5) is 0 Å². The summed E-state index contributed by atoms with van der Waals surface area (Å²) >= 11 is 0. The first-order valence-corrected chi connectivity index (χ1v) is 11.0. The molecule has 30 heavy (non-hydrogen) atoms. The van der Waals surface area contributed by atoms with Gasteiger partial charge in [-0.2, -0.15) is 4.98 Å². The molecule has 1 saturated carbocycles. The SMILES string of the molecule is CC(=O)N1CCC(C(=O)N2C[C@H]3CCC[C@@]3(c3nc(Cc4ccccc4)no3)C2)C1. The molecule has 5 rings (SSSR count). The first kappa shape index (κ1) is 19.3. The summed E-state index contributed by atoms with van der Waals surface area (Å²) in [5, 5.41) is 4.25. The quantitative estimate of drug-likeness (QED) is 0.776. The maximum absolute atomic E-state index is 13.2. The highest BCUT2D eigenvalue weighted by Gasteiger charge is 2.55. The van der Waals surface area contributed by atoms with E-state index in [4.69, 9.17) is 9.51 Å². The molecule has 2 aliphatic heterocycles. The lowest BCUT2D eigenvalue weighted by atomic mass is 9.80. The van der Waals surface area contributed by atoms with E-state index in [1.165, 1.54) is 0 Å². The number of fused-ring (bicyclic) bond motifs is 1. The van der Waals surface area contributed by atoms with E-state index in [1.807, 2.05) is 23.1 Å². The van der Waals surface area contributed by atoms with E-state index >= 15 is 0 Å². The third kappa shape index (κ3) is 3.30. The molecule has 2 amide bonds. The Morgan fingerprint density at radius 3 is 2.77 bits per heavy atom. The topological polar surface area (TPSA) is 79.5 Å². The monoisotopic (exact) mass is 408 g/mol. The number of likely N-dealkylation sites (tertiary alicyclic amines) is 2. The third-order valence-electron chi connectivity index (χ3n) is 7.26. The minimum atomic E-state index is -0.212. The van der Waals surface area contributed by atoms with Gasteiger partial charge in [-0.3, -0.25) is 9.59 Å². The minimum absolute atomic E-state index is 0.0527. The highest BCUT2D eigenvalue weighted by molar-refractivity contribution is 5.82. The summed E-state index contributed by atoms with van der Waals surface area (Å²) in [6, 6.07) is 10.2. The summed E-state index contributed by atoms with van der Waals surface area (Å²) in [4.78, 5) is 33.4. The highest BCUT2D eigenvalue weighted by Crippen LogP contribution is 2.50. The first-order valence-electron chi connectivity index (χ1n) is 11.0. The zero-order chi connectivity index (χ0) is 20.7. The second-order valence-corrected chi connectivity index (χ2v) is 9.09. The van der Waals surface area contributed by atoms with E-state index in [0.29, 0.717) is 43.7 Å². The minimum Gasteiger partial charge on any atom is -0.342 e. The van der Waals surface area contributed by atoms with Crippen LogP contribution in [0.15, 0.2) is 34.9 Å². The van der Waals surface area contributed by atoms with Crippen molar-refractivity contribution in [2.75, 3.05) is 26.2 Å². The molecule has 1 aromatic carbocycles. The Kier molecular flexibility index (Phi) is 4.83. The molecule has 3 fully saturated rings. The molecule has 0 spiro atoms. The Bertz CT molecular complexity index is 943. The van der Waals surface area contributed by atoms with Crippen LogP contribution in [0.2, 0.25) is 0 Å². The van der Waals surface area contributed by atoms with Crippen molar-refractivity contribution < 1.29 is 14.1 Å². The fourth-order valence-electron chi connectivity index (χ4n) is 5.62. The van der Waals surface area contributed by atoms with Gasteiger partial charge in [0.25, 0.3) is 0 Å². The normalized spacial score (nSPS) is 28.2. The number of aromatic nitrogens is 2. The van der Waals surface area contributed by atoms with E-state index < -0.39 is 0 Å². The fourth-order valence-corrected chi connectivity index (χ4v) is 5.62. The Hall–Kier alpha value is -2.70. The molecule has 1 unspecified atom stereocenters. The number of benzene rings is 1. The lowest BCUT2D eigenvalue weighted by Gasteiger charge is -2.25. The number of amides is 2. The smallest absolute Gasteiger partial charge is 0.235 e. The second kappa shape index (κ2) is 7.52. The van der Waals surface area contributed by atoms with Crippen LogP contribution in [0.3, 0.4) is 0 Å². The number of rotatable bonds is 4. The largest absolute Gasteiger partial charge is 0.342 e. The molecule has 158 valence electrons. The summed E-state index contributed by atoms with van der Waals surface area (Å²) in [5.41, 5.74) is 0.945. The maximum Gasteiger partial charge on any atom is 0.235 e. The maximum atomic E-state index is 13.2. The van der Waals surface area contributed by atoms with Gasteiger partial charge in [0.2, 0.25) is 17.7 Å². The number of carbonyl (C=O) groups is 2. The van der Waals surface area contributed by atoms with Gasteiger partial charge in [0.05, 0.1) is 11.3 Å². The van der Waals surface area contributed by atoms with Crippen molar-refractivity contribution in [1.82, 2.24) is 19.9 Å². The molecule has 3 aliphatic rings. The van der Waals surface area contributed by atoms with Gasteiger partial charge < -0.3 is 14.3 Å². The van der Waals surface area contributed by atoms with Crippen LogP contribution in [0, 0.1) is 11.8 Å². The molecule has 7 nitrogen and oxygen atoms in total. The van der Waals surface area contributed by atoms with Crippen molar-refractivity contribution in [1.29, 1.82) is 0 Å². The van der Waals surface area contributed by atoms with Gasteiger partial charge in [-0.25, -0.2) is 0 Å². The van der Waals surface area contributed by atoms with Crippen LogP contribution in [-0.4, -0.2) is 57.9 Å². The van der Waals surface area contributed by atoms with Crippen molar-refractivity contribution in [2.24, 2.45) is 11.8 Å². The zero-order valence-corrected chi connectivity index (χ0v) is 17.4. The average molecular weight is 409 g/mol. The zero-order valence-electron chi connectivity index (χ0n) is 17.4. The van der Waals surface area contributed by atoms with E-state index in [0.717, 1.165) is 37.8 Å². The van der Waals surface area contributed by atoms with Crippen molar-refractivity contribution in [3.05, 3.63) is 47.6 Å². The van der Waals surface area contributed by atoms with Gasteiger partial charge in [-0.1, -0.05) is 41.9 Å². The lowest BCUT2D eigenvalue weighted by Crippen LogP contribution is -2.39. The van der Waals surface area contributed by atoms with E-state index in [1.54, 1.807) is 11.8 Å². The molecule has 0 radical (unpaired) electrons. The summed E-state index contributed by atoms with van der Waals surface area (Å²) in [6.07, 6.45) is 4.61. The van der Waals surface area contributed by atoms with Gasteiger partial charge in [-0.05, 0) is 30.7 Å². The van der Waals surface area contributed by atoms with Gasteiger partial charge in [0.15, 0.2) is 5.82 Å². The molecule has 1 aromatic heterocycles. The number of carbonyl (C=O) groups excluding carboxylic acids is 2. The van der Waals surface area contributed by atoms with Crippen molar-refractivity contribution in [3.63, 3.8) is 0 Å². The Morgan fingerprint density at radius 1 is 1.17 bits per heavy atom. The van der Waals surface area contributed by atoms with Crippen LogP contribution in [-0.2, 0) is 21.4 Å². The Labute approximate surface area is 176 Å². The molecule has 3 heterocycles. The van der Waals surface area contributed by atoms with Crippen LogP contribution in [0.1, 0.15) is 49.9 Å². The second-order valence-electron chi connectivity index (χ2n) is 9.09. The molecule has 3 atom stereocenters. The lowest BCUT2D eigenvalue weighted by molar-refractivity contribution is -0.134. The van der Waals surface area contributed by atoms with Crippen molar-refractivity contribution in [2.45, 2.75) is 44.4 Å². The third-order valence-corrected chi connectivity index (χ3v) is 7.26. The van der Waals surface area contributed by atoms with Crippen molar-refractivity contribution >= 4 is 11.8 Å². The molecule has 2 aromatic rings. The van der Waals surface area contributed by atoms with Gasteiger partial charge in [-0.15, -0.1) is 0 Å². The van der Waals surface area contributed by atoms with Crippen LogP contribution >= 0.6 is 0 Å². The molecule has 0 N–H and O–H groups in total. The molecule has 0 bridgehead atoms. The Balaban J connectivity index is 1.32.